The SMILES string of the molecule is c1cncc([C@@H]2CN(CC3CC3)C[C@H]2c2nc(C3CCCC3)no2)c1. The Morgan fingerprint density at radius 1 is 1.08 bits per heavy atom. The second-order valence-electron chi connectivity index (χ2n) is 8.13. The number of aromatic nitrogens is 3. The van der Waals surface area contributed by atoms with E-state index in [9.17, 15) is 0 Å². The normalized spacial score (nSPS) is 28.0. The van der Waals surface area contributed by atoms with E-state index in [0.717, 1.165) is 30.7 Å². The number of hydrogen-bond acceptors (Lipinski definition) is 5. The van der Waals surface area contributed by atoms with Gasteiger partial charge in [0.1, 0.15) is 0 Å². The van der Waals surface area contributed by atoms with Gasteiger partial charge in [-0.3, -0.25) is 4.98 Å². The Morgan fingerprint density at radius 2 is 1.92 bits per heavy atom. The fourth-order valence-electron chi connectivity index (χ4n) is 4.63. The van der Waals surface area contributed by atoms with E-state index < -0.39 is 0 Å². The van der Waals surface area contributed by atoms with Crippen LogP contribution >= 0.6 is 0 Å². The van der Waals surface area contributed by atoms with Crippen molar-refractivity contribution >= 4 is 0 Å². The molecule has 0 radical (unpaired) electrons. The first-order valence-electron chi connectivity index (χ1n) is 9.82. The predicted octanol–water partition coefficient (Wildman–Crippen LogP) is 3.72. The van der Waals surface area contributed by atoms with Crippen LogP contribution in [0, 0.1) is 5.92 Å². The van der Waals surface area contributed by atoms with Crippen LogP contribution in [0.2, 0.25) is 0 Å². The van der Waals surface area contributed by atoms with Crippen molar-refractivity contribution < 1.29 is 4.52 Å². The fourth-order valence-corrected chi connectivity index (χ4v) is 4.63. The van der Waals surface area contributed by atoms with E-state index >= 15 is 0 Å². The molecule has 0 amide bonds. The first-order valence-corrected chi connectivity index (χ1v) is 9.82. The maximum absolute atomic E-state index is 5.77. The molecular weight excluding hydrogens is 312 g/mol. The zero-order valence-electron chi connectivity index (χ0n) is 14.7. The van der Waals surface area contributed by atoms with Crippen molar-refractivity contribution in [2.45, 2.75) is 56.3 Å². The van der Waals surface area contributed by atoms with E-state index in [-0.39, 0.29) is 0 Å². The molecular formula is C20H26N4O. The van der Waals surface area contributed by atoms with Crippen molar-refractivity contribution in [2.24, 2.45) is 5.92 Å². The van der Waals surface area contributed by atoms with Crippen molar-refractivity contribution in [1.82, 2.24) is 20.0 Å². The van der Waals surface area contributed by atoms with Gasteiger partial charge in [-0.25, -0.2) is 0 Å². The van der Waals surface area contributed by atoms with E-state index in [2.05, 4.69) is 21.1 Å². The van der Waals surface area contributed by atoms with E-state index in [1.165, 1.54) is 50.6 Å². The lowest BCUT2D eigenvalue weighted by molar-refractivity contribution is 0.304. The molecule has 0 unspecified atom stereocenters. The van der Waals surface area contributed by atoms with Crippen LogP contribution in [0.25, 0.3) is 0 Å². The largest absolute Gasteiger partial charge is 0.339 e. The lowest BCUT2D eigenvalue weighted by Gasteiger charge is -2.15. The average molecular weight is 338 g/mol. The van der Waals surface area contributed by atoms with Gasteiger partial charge in [-0.1, -0.05) is 24.1 Å². The summed E-state index contributed by atoms with van der Waals surface area (Å²) in [6, 6.07) is 4.23. The number of likely N-dealkylation sites (tertiary alicyclic amines) is 1. The summed E-state index contributed by atoms with van der Waals surface area (Å²) in [6.45, 7) is 3.33. The van der Waals surface area contributed by atoms with E-state index in [0.29, 0.717) is 17.8 Å². The summed E-state index contributed by atoms with van der Waals surface area (Å²) in [5, 5.41) is 4.35. The van der Waals surface area contributed by atoms with Crippen molar-refractivity contribution in [3.8, 4) is 0 Å². The van der Waals surface area contributed by atoms with Crippen LogP contribution in [0.3, 0.4) is 0 Å². The second kappa shape index (κ2) is 6.52. The number of pyridine rings is 1. The van der Waals surface area contributed by atoms with Gasteiger partial charge >= 0.3 is 0 Å². The van der Waals surface area contributed by atoms with E-state index in [1.54, 1.807) is 0 Å². The van der Waals surface area contributed by atoms with Crippen LogP contribution in [0.15, 0.2) is 29.0 Å². The summed E-state index contributed by atoms with van der Waals surface area (Å²) in [6.07, 6.45) is 11.7. The van der Waals surface area contributed by atoms with Gasteiger partial charge in [0.15, 0.2) is 5.82 Å². The Morgan fingerprint density at radius 3 is 2.68 bits per heavy atom. The van der Waals surface area contributed by atoms with Gasteiger partial charge in [0.2, 0.25) is 5.89 Å². The molecule has 0 spiro atoms. The maximum Gasteiger partial charge on any atom is 0.231 e. The second-order valence-corrected chi connectivity index (χ2v) is 8.13. The van der Waals surface area contributed by atoms with Gasteiger partial charge in [0.25, 0.3) is 0 Å². The predicted molar refractivity (Wildman–Crippen MR) is 94.4 cm³/mol. The van der Waals surface area contributed by atoms with Crippen molar-refractivity contribution in [3.63, 3.8) is 0 Å². The standard InChI is InChI=1S/C20H26N4O/c1-2-5-15(4-1)19-22-20(25-23-19)18-13-24(11-14-7-8-14)12-17(18)16-6-3-9-21-10-16/h3,6,9-10,14-15,17-18H,1-2,4-5,7-8,11-13H2/t17-,18+/m0/s1. The summed E-state index contributed by atoms with van der Waals surface area (Å²) >= 11 is 0. The van der Waals surface area contributed by atoms with E-state index in [4.69, 9.17) is 9.51 Å². The molecule has 2 aromatic rings. The highest BCUT2D eigenvalue weighted by atomic mass is 16.5. The minimum absolute atomic E-state index is 0.297. The minimum Gasteiger partial charge on any atom is -0.339 e. The van der Waals surface area contributed by atoms with Crippen molar-refractivity contribution in [2.75, 3.05) is 19.6 Å². The molecule has 5 nitrogen and oxygen atoms in total. The first-order chi connectivity index (χ1) is 12.4. The van der Waals surface area contributed by atoms with Crippen LogP contribution in [0.1, 0.15) is 73.6 Å². The third kappa shape index (κ3) is 3.22. The maximum atomic E-state index is 5.77. The molecule has 25 heavy (non-hydrogen) atoms. The number of nitrogens with zero attached hydrogens (tertiary/aromatic N) is 4. The molecule has 132 valence electrons. The molecule has 1 aliphatic heterocycles. The Balaban J connectivity index is 1.40. The Hall–Kier alpha value is -1.75. The highest BCUT2D eigenvalue weighted by Gasteiger charge is 2.40. The molecule has 0 bridgehead atoms. The van der Waals surface area contributed by atoms with Crippen LogP contribution in [0.4, 0.5) is 0 Å². The summed E-state index contributed by atoms with van der Waals surface area (Å²) in [5.74, 6) is 3.91. The monoisotopic (exact) mass is 338 g/mol. The fraction of sp³-hybridized carbons (Fsp3) is 0.650. The molecule has 3 fully saturated rings. The summed E-state index contributed by atoms with van der Waals surface area (Å²) in [7, 11) is 0. The summed E-state index contributed by atoms with van der Waals surface area (Å²) < 4.78 is 5.77. The molecule has 1 saturated heterocycles. The molecule has 5 heteroatoms. The smallest absolute Gasteiger partial charge is 0.231 e. The van der Waals surface area contributed by atoms with Gasteiger partial charge in [0.05, 0.1) is 5.92 Å². The Labute approximate surface area is 148 Å². The zero-order chi connectivity index (χ0) is 16.6. The quantitative estimate of drug-likeness (QED) is 0.832. The van der Waals surface area contributed by atoms with Crippen LogP contribution < -0.4 is 0 Å². The molecule has 2 saturated carbocycles. The molecule has 2 aliphatic carbocycles. The highest BCUT2D eigenvalue weighted by Crippen LogP contribution is 2.42. The molecule has 5 rings (SSSR count). The van der Waals surface area contributed by atoms with Gasteiger partial charge in [0, 0.05) is 43.9 Å². The highest BCUT2D eigenvalue weighted by molar-refractivity contribution is 5.23. The van der Waals surface area contributed by atoms with Gasteiger partial charge < -0.3 is 9.42 Å². The van der Waals surface area contributed by atoms with Crippen LogP contribution in [-0.2, 0) is 0 Å². The van der Waals surface area contributed by atoms with Crippen molar-refractivity contribution in [3.05, 3.63) is 41.8 Å². The first kappa shape index (κ1) is 15.5. The summed E-state index contributed by atoms with van der Waals surface area (Å²) in [5.41, 5.74) is 1.30. The van der Waals surface area contributed by atoms with Gasteiger partial charge in [-0.05, 0) is 43.2 Å². The molecule has 3 heterocycles. The minimum atomic E-state index is 0.297. The lowest BCUT2D eigenvalue weighted by Crippen LogP contribution is -2.23. The number of rotatable bonds is 5. The average Bonchev–Trinajstić information content (AvgIpc) is 3.09. The van der Waals surface area contributed by atoms with Crippen LogP contribution in [-0.4, -0.2) is 39.7 Å². The third-order valence-corrected chi connectivity index (χ3v) is 6.22. The molecule has 3 aliphatic rings. The molecule has 0 aromatic carbocycles. The van der Waals surface area contributed by atoms with Gasteiger partial charge in [-0.2, -0.15) is 4.98 Å². The van der Waals surface area contributed by atoms with Crippen LogP contribution in [0.5, 0.6) is 0 Å². The van der Waals surface area contributed by atoms with Gasteiger partial charge in [-0.15, -0.1) is 0 Å². The lowest BCUT2D eigenvalue weighted by atomic mass is 9.90. The molecule has 2 atom stereocenters. The van der Waals surface area contributed by atoms with E-state index in [1.807, 2.05) is 18.5 Å². The zero-order valence-corrected chi connectivity index (χ0v) is 14.7. The Bertz CT molecular complexity index is 705. The Kier molecular flexibility index (Phi) is 4.04. The topological polar surface area (TPSA) is 55.1 Å². The third-order valence-electron chi connectivity index (χ3n) is 6.22. The molecule has 0 N–H and O–H groups in total. The van der Waals surface area contributed by atoms with Crippen molar-refractivity contribution in [1.29, 1.82) is 0 Å². The molecule has 2 aromatic heterocycles. The number of hydrogen-bond donors (Lipinski definition) is 0. The summed E-state index contributed by atoms with van der Waals surface area (Å²) in [4.78, 5) is 11.8.